The van der Waals surface area contributed by atoms with Crippen LogP contribution in [0.3, 0.4) is 0 Å². The Hall–Kier alpha value is -1.60. The minimum Gasteiger partial charge on any atom is -0.320 e. The van der Waals surface area contributed by atoms with Gasteiger partial charge in [0.25, 0.3) is 0 Å². The van der Waals surface area contributed by atoms with Crippen LogP contribution in [0.5, 0.6) is 0 Å². The predicted molar refractivity (Wildman–Crippen MR) is 85.0 cm³/mol. The van der Waals surface area contributed by atoms with Crippen LogP contribution in [0.15, 0.2) is 36.4 Å². The molecule has 0 spiro atoms. The van der Waals surface area contributed by atoms with Gasteiger partial charge in [0.2, 0.25) is 0 Å². The molecule has 0 bridgehead atoms. The average molecular weight is 265 g/mol. The largest absolute Gasteiger partial charge is 0.320 e. The fraction of sp³-hybridized carbons (Fsp3) is 0.368. The lowest BCUT2D eigenvalue weighted by atomic mass is 9.88. The fourth-order valence-corrected chi connectivity index (χ4v) is 3.10. The second kappa shape index (κ2) is 5.41. The van der Waals surface area contributed by atoms with Gasteiger partial charge in [-0.3, -0.25) is 0 Å². The molecule has 2 N–H and O–H groups in total. The molecule has 1 nitrogen and oxygen atoms in total. The van der Waals surface area contributed by atoms with Gasteiger partial charge < -0.3 is 5.73 Å². The van der Waals surface area contributed by atoms with Gasteiger partial charge in [0.15, 0.2) is 0 Å². The van der Waals surface area contributed by atoms with Crippen LogP contribution >= 0.6 is 0 Å². The van der Waals surface area contributed by atoms with E-state index in [1.165, 1.54) is 59.1 Å². The maximum atomic E-state index is 6.47. The van der Waals surface area contributed by atoms with Crippen molar-refractivity contribution < 1.29 is 0 Å². The number of hydrogen-bond donors (Lipinski definition) is 1. The van der Waals surface area contributed by atoms with Crippen LogP contribution in [0.4, 0.5) is 0 Å². The Kier molecular flexibility index (Phi) is 3.62. The summed E-state index contributed by atoms with van der Waals surface area (Å²) in [6, 6.07) is 13.4. The van der Waals surface area contributed by atoms with Gasteiger partial charge in [-0.25, -0.2) is 0 Å². The zero-order valence-corrected chi connectivity index (χ0v) is 12.4. The summed E-state index contributed by atoms with van der Waals surface area (Å²) < 4.78 is 0. The number of nitrogens with two attached hydrogens (primary N) is 1. The van der Waals surface area contributed by atoms with Crippen molar-refractivity contribution in [3.8, 4) is 0 Å². The van der Waals surface area contributed by atoms with Gasteiger partial charge in [-0.05, 0) is 72.9 Å². The van der Waals surface area contributed by atoms with Crippen molar-refractivity contribution in [3.63, 3.8) is 0 Å². The molecule has 0 aromatic heterocycles. The topological polar surface area (TPSA) is 26.0 Å². The highest BCUT2D eigenvalue weighted by molar-refractivity contribution is 5.41. The van der Waals surface area contributed by atoms with Crippen molar-refractivity contribution in [3.05, 3.63) is 69.8 Å². The lowest BCUT2D eigenvalue weighted by Crippen LogP contribution is -2.13. The second-order valence-corrected chi connectivity index (χ2v) is 6.06. The van der Waals surface area contributed by atoms with Crippen LogP contribution in [0.1, 0.15) is 52.3 Å². The zero-order chi connectivity index (χ0) is 14.1. The van der Waals surface area contributed by atoms with Crippen molar-refractivity contribution in [2.75, 3.05) is 0 Å². The number of rotatable bonds is 2. The third kappa shape index (κ3) is 2.51. The molecule has 2 aromatic carbocycles. The summed E-state index contributed by atoms with van der Waals surface area (Å²) in [7, 11) is 0. The van der Waals surface area contributed by atoms with E-state index in [0.717, 1.165) is 0 Å². The Morgan fingerprint density at radius 3 is 2.20 bits per heavy atom. The third-order valence-electron chi connectivity index (χ3n) is 4.62. The summed E-state index contributed by atoms with van der Waals surface area (Å²) in [4.78, 5) is 0. The smallest absolute Gasteiger partial charge is 0.0551 e. The predicted octanol–water partition coefficient (Wildman–Crippen LogP) is 4.23. The molecule has 1 atom stereocenters. The molecule has 0 saturated carbocycles. The number of fused-ring (bicyclic) bond motifs is 1. The normalized spacial score (nSPS) is 15.8. The summed E-state index contributed by atoms with van der Waals surface area (Å²) in [5.74, 6) is 0. The highest BCUT2D eigenvalue weighted by Gasteiger charge is 2.14. The van der Waals surface area contributed by atoms with E-state index < -0.39 is 0 Å². The first kappa shape index (κ1) is 13.4. The first-order chi connectivity index (χ1) is 9.65. The molecule has 0 fully saturated rings. The van der Waals surface area contributed by atoms with Crippen molar-refractivity contribution >= 4 is 0 Å². The molecule has 1 aliphatic carbocycles. The third-order valence-corrected chi connectivity index (χ3v) is 4.62. The zero-order valence-electron chi connectivity index (χ0n) is 12.4. The monoisotopic (exact) mass is 265 g/mol. The molecule has 104 valence electrons. The Labute approximate surface area is 121 Å². The summed E-state index contributed by atoms with van der Waals surface area (Å²) in [6.07, 6.45) is 5.09. The number of benzene rings is 2. The van der Waals surface area contributed by atoms with E-state index in [4.69, 9.17) is 5.73 Å². The van der Waals surface area contributed by atoms with Crippen molar-refractivity contribution in [2.45, 2.75) is 45.6 Å². The van der Waals surface area contributed by atoms with Gasteiger partial charge in [-0.1, -0.05) is 36.4 Å². The van der Waals surface area contributed by atoms with Gasteiger partial charge in [-0.15, -0.1) is 0 Å². The molecular formula is C19H23N. The molecule has 0 saturated heterocycles. The van der Waals surface area contributed by atoms with Crippen molar-refractivity contribution in [2.24, 2.45) is 5.73 Å². The molecule has 0 heterocycles. The van der Waals surface area contributed by atoms with Crippen LogP contribution < -0.4 is 5.73 Å². The van der Waals surface area contributed by atoms with Gasteiger partial charge in [0, 0.05) is 0 Å². The van der Waals surface area contributed by atoms with Gasteiger partial charge in [-0.2, -0.15) is 0 Å². The number of aryl methyl sites for hydroxylation is 4. The van der Waals surface area contributed by atoms with E-state index in [-0.39, 0.29) is 6.04 Å². The SMILES string of the molecule is Cc1ccc(C(N)c2ccc3c(c2)CCCC3)cc1C. The highest BCUT2D eigenvalue weighted by Crippen LogP contribution is 2.27. The standard InChI is InChI=1S/C19H23N/c1-13-7-8-17(11-14(13)2)19(20)18-10-9-15-5-3-4-6-16(15)12-18/h7-12,19H,3-6,20H2,1-2H3. The molecule has 0 radical (unpaired) electrons. The molecule has 1 unspecified atom stereocenters. The van der Waals surface area contributed by atoms with Crippen LogP contribution in [0.2, 0.25) is 0 Å². The van der Waals surface area contributed by atoms with E-state index >= 15 is 0 Å². The van der Waals surface area contributed by atoms with E-state index in [9.17, 15) is 0 Å². The fourth-order valence-electron chi connectivity index (χ4n) is 3.10. The van der Waals surface area contributed by atoms with E-state index in [1.54, 1.807) is 0 Å². The molecule has 2 aromatic rings. The molecule has 1 aliphatic rings. The quantitative estimate of drug-likeness (QED) is 0.864. The van der Waals surface area contributed by atoms with Crippen LogP contribution in [-0.4, -0.2) is 0 Å². The lowest BCUT2D eigenvalue weighted by Gasteiger charge is -2.20. The second-order valence-electron chi connectivity index (χ2n) is 6.06. The summed E-state index contributed by atoms with van der Waals surface area (Å²) >= 11 is 0. The molecule has 20 heavy (non-hydrogen) atoms. The van der Waals surface area contributed by atoms with Crippen LogP contribution in [0, 0.1) is 13.8 Å². The average Bonchev–Trinajstić information content (AvgIpc) is 2.49. The Balaban J connectivity index is 1.93. The summed E-state index contributed by atoms with van der Waals surface area (Å²) in [6.45, 7) is 4.29. The van der Waals surface area contributed by atoms with Crippen LogP contribution in [0.25, 0.3) is 0 Å². The van der Waals surface area contributed by atoms with E-state index in [1.807, 2.05) is 0 Å². The summed E-state index contributed by atoms with van der Waals surface area (Å²) in [5.41, 5.74) is 14.6. The van der Waals surface area contributed by atoms with E-state index in [2.05, 4.69) is 50.2 Å². The van der Waals surface area contributed by atoms with E-state index in [0.29, 0.717) is 0 Å². The Morgan fingerprint density at radius 1 is 0.800 bits per heavy atom. The van der Waals surface area contributed by atoms with Gasteiger partial charge in [0.1, 0.15) is 0 Å². The molecule has 0 amide bonds. The molecule has 0 aliphatic heterocycles. The summed E-state index contributed by atoms with van der Waals surface area (Å²) in [5, 5.41) is 0. The minimum atomic E-state index is -0.0125. The van der Waals surface area contributed by atoms with Crippen molar-refractivity contribution in [1.29, 1.82) is 0 Å². The van der Waals surface area contributed by atoms with Gasteiger partial charge >= 0.3 is 0 Å². The number of hydrogen-bond acceptors (Lipinski definition) is 1. The lowest BCUT2D eigenvalue weighted by molar-refractivity contribution is 0.682. The first-order valence-electron chi connectivity index (χ1n) is 7.59. The first-order valence-corrected chi connectivity index (χ1v) is 7.59. The highest BCUT2D eigenvalue weighted by atomic mass is 14.6. The Bertz CT molecular complexity index is 628. The maximum Gasteiger partial charge on any atom is 0.0551 e. The maximum absolute atomic E-state index is 6.47. The van der Waals surface area contributed by atoms with Gasteiger partial charge in [0.05, 0.1) is 6.04 Å². The van der Waals surface area contributed by atoms with Crippen LogP contribution in [-0.2, 0) is 12.8 Å². The molecular weight excluding hydrogens is 242 g/mol. The molecule has 1 heteroatoms. The Morgan fingerprint density at radius 2 is 1.45 bits per heavy atom. The minimum absolute atomic E-state index is 0.0125. The molecule has 3 rings (SSSR count). The van der Waals surface area contributed by atoms with Crippen molar-refractivity contribution in [1.82, 2.24) is 0 Å².